The highest BCUT2D eigenvalue weighted by Gasteiger charge is 2.52. The van der Waals surface area contributed by atoms with E-state index >= 15 is 0 Å². The van der Waals surface area contributed by atoms with Gasteiger partial charge in [0, 0.05) is 47.0 Å². The van der Waals surface area contributed by atoms with Gasteiger partial charge >= 0.3 is 0 Å². The smallest absolute Gasteiger partial charge is 0.236 e. The lowest BCUT2D eigenvalue weighted by Gasteiger charge is -2.20. The van der Waals surface area contributed by atoms with Crippen LogP contribution in [0, 0.1) is 11.2 Å². The Hall–Kier alpha value is -4.78. The van der Waals surface area contributed by atoms with Crippen LogP contribution in [0.25, 0.3) is 22.0 Å². The Morgan fingerprint density at radius 3 is 2.40 bits per heavy atom. The van der Waals surface area contributed by atoms with Crippen LogP contribution in [0.15, 0.2) is 104 Å². The van der Waals surface area contributed by atoms with E-state index in [0.717, 1.165) is 59.1 Å². The molecule has 40 heavy (non-hydrogen) atoms. The fourth-order valence-corrected chi connectivity index (χ4v) is 5.02. The van der Waals surface area contributed by atoms with Gasteiger partial charge in [0.1, 0.15) is 5.82 Å². The van der Waals surface area contributed by atoms with Gasteiger partial charge < -0.3 is 10.6 Å². The number of hydrogen-bond acceptors (Lipinski definition) is 4. The molecule has 0 bridgehead atoms. The van der Waals surface area contributed by atoms with Crippen LogP contribution in [0.1, 0.15) is 30.9 Å². The van der Waals surface area contributed by atoms with Gasteiger partial charge in [-0.15, -0.1) is 0 Å². The van der Waals surface area contributed by atoms with E-state index in [9.17, 15) is 9.18 Å². The third kappa shape index (κ3) is 5.10. The number of pyridine rings is 1. The van der Waals surface area contributed by atoms with E-state index in [1.54, 1.807) is 12.1 Å². The standard InChI is InChI=1S/C33H30FN5O/c1-3-39-21-26(20-36-39)24-6-13-30-25(14-17-35-31(30)19-24)18-23-4-9-29(10-5-23)38-32(40)33(15-16-33)22(2)37-28-11-7-27(34)8-12-28/h4-14,17,19-21,37H,2-3,15-16,18H2,1H3,(H,38,40). The molecule has 2 heterocycles. The van der Waals surface area contributed by atoms with E-state index in [1.807, 2.05) is 47.5 Å². The van der Waals surface area contributed by atoms with E-state index in [1.165, 1.54) is 17.7 Å². The number of nitrogens with one attached hydrogen (secondary N) is 2. The second-order valence-electron chi connectivity index (χ2n) is 10.3. The van der Waals surface area contributed by atoms with Crippen molar-refractivity contribution in [1.82, 2.24) is 14.8 Å². The lowest BCUT2D eigenvalue weighted by atomic mass is 9.98. The quantitative estimate of drug-likeness (QED) is 0.211. The molecule has 3 aromatic carbocycles. The Bertz CT molecular complexity index is 1700. The maximum absolute atomic E-state index is 13.2. The molecule has 1 amide bonds. The maximum atomic E-state index is 13.2. The van der Waals surface area contributed by atoms with Crippen LogP contribution in [0.2, 0.25) is 0 Å². The van der Waals surface area contributed by atoms with Gasteiger partial charge in [-0.05, 0) is 91.4 Å². The van der Waals surface area contributed by atoms with E-state index < -0.39 is 5.41 Å². The van der Waals surface area contributed by atoms with E-state index in [0.29, 0.717) is 11.4 Å². The highest BCUT2D eigenvalue weighted by atomic mass is 19.1. The third-order valence-electron chi connectivity index (χ3n) is 7.63. The average molecular weight is 532 g/mol. The van der Waals surface area contributed by atoms with Crippen molar-refractivity contribution in [2.45, 2.75) is 32.7 Å². The summed E-state index contributed by atoms with van der Waals surface area (Å²) in [6.45, 7) is 7.02. The lowest BCUT2D eigenvalue weighted by Crippen LogP contribution is -2.28. The van der Waals surface area contributed by atoms with Gasteiger partial charge in [-0.3, -0.25) is 14.5 Å². The van der Waals surface area contributed by atoms with Crippen molar-refractivity contribution < 1.29 is 9.18 Å². The first kappa shape index (κ1) is 25.5. The Kier molecular flexibility index (Phi) is 6.64. The Labute approximate surface area is 232 Å². The summed E-state index contributed by atoms with van der Waals surface area (Å²) in [5.74, 6) is -0.388. The molecule has 0 atom stereocenters. The summed E-state index contributed by atoms with van der Waals surface area (Å²) in [4.78, 5) is 17.8. The number of fused-ring (bicyclic) bond motifs is 1. The molecule has 7 heteroatoms. The number of carbonyl (C=O) groups is 1. The number of amides is 1. The van der Waals surface area contributed by atoms with Crippen LogP contribution < -0.4 is 10.6 Å². The first-order chi connectivity index (χ1) is 19.4. The molecule has 1 fully saturated rings. The molecule has 0 aliphatic heterocycles. The average Bonchev–Trinajstić information content (AvgIpc) is 3.66. The van der Waals surface area contributed by atoms with Crippen LogP contribution in [0.4, 0.5) is 15.8 Å². The van der Waals surface area contributed by atoms with Crippen LogP contribution in [0.5, 0.6) is 0 Å². The predicted molar refractivity (Wildman–Crippen MR) is 157 cm³/mol. The number of anilines is 2. The van der Waals surface area contributed by atoms with Gasteiger partial charge in [0.05, 0.1) is 17.1 Å². The van der Waals surface area contributed by atoms with Crippen LogP contribution in [-0.4, -0.2) is 20.7 Å². The molecule has 6 rings (SSSR count). The molecule has 0 radical (unpaired) electrons. The normalized spacial score (nSPS) is 13.7. The fourth-order valence-electron chi connectivity index (χ4n) is 5.02. The van der Waals surface area contributed by atoms with Crippen molar-refractivity contribution in [3.8, 4) is 11.1 Å². The number of hydrogen-bond donors (Lipinski definition) is 2. The second kappa shape index (κ2) is 10.4. The summed E-state index contributed by atoms with van der Waals surface area (Å²) >= 11 is 0. The molecule has 2 aromatic heterocycles. The summed E-state index contributed by atoms with van der Waals surface area (Å²) in [6.07, 6.45) is 7.99. The van der Waals surface area contributed by atoms with Crippen molar-refractivity contribution in [2.24, 2.45) is 5.41 Å². The zero-order chi connectivity index (χ0) is 27.7. The summed E-state index contributed by atoms with van der Waals surface area (Å²) < 4.78 is 15.1. The topological polar surface area (TPSA) is 71.8 Å². The molecule has 2 N–H and O–H groups in total. The third-order valence-corrected chi connectivity index (χ3v) is 7.63. The number of halogens is 1. The zero-order valence-electron chi connectivity index (χ0n) is 22.3. The highest BCUT2D eigenvalue weighted by Crippen LogP contribution is 2.52. The predicted octanol–water partition coefficient (Wildman–Crippen LogP) is 7.19. The molecule has 1 aliphatic rings. The number of rotatable bonds is 9. The number of benzene rings is 3. The molecular formula is C33H30FN5O. The van der Waals surface area contributed by atoms with Gasteiger partial charge in [0.15, 0.2) is 0 Å². The highest BCUT2D eigenvalue weighted by molar-refractivity contribution is 6.00. The summed E-state index contributed by atoms with van der Waals surface area (Å²) in [5, 5.41) is 11.7. The summed E-state index contributed by atoms with van der Waals surface area (Å²) in [5.41, 5.74) is 6.88. The minimum Gasteiger partial charge on any atom is -0.358 e. The van der Waals surface area contributed by atoms with Gasteiger partial charge in [-0.2, -0.15) is 5.10 Å². The van der Waals surface area contributed by atoms with Gasteiger partial charge in [0.25, 0.3) is 0 Å². The van der Waals surface area contributed by atoms with Crippen molar-refractivity contribution in [3.05, 3.63) is 121 Å². The number of nitrogens with zero attached hydrogens (tertiary/aromatic N) is 3. The van der Waals surface area contributed by atoms with Crippen molar-refractivity contribution in [3.63, 3.8) is 0 Å². The van der Waals surface area contributed by atoms with Crippen LogP contribution in [-0.2, 0) is 17.8 Å². The number of aromatic nitrogens is 3. The SMILES string of the molecule is C=C(Nc1ccc(F)cc1)C1(C(=O)Nc2ccc(Cc3ccnc4cc(-c5cnn(CC)c5)ccc34)cc2)CC1. The first-order valence-corrected chi connectivity index (χ1v) is 13.5. The van der Waals surface area contributed by atoms with Crippen molar-refractivity contribution >= 4 is 28.2 Å². The Morgan fingerprint density at radius 2 is 1.70 bits per heavy atom. The number of aryl methyl sites for hydroxylation is 1. The van der Waals surface area contributed by atoms with Crippen LogP contribution in [0.3, 0.4) is 0 Å². The largest absolute Gasteiger partial charge is 0.358 e. The minimum absolute atomic E-state index is 0.0831. The minimum atomic E-state index is -0.656. The number of carbonyl (C=O) groups excluding carboxylic acids is 1. The molecule has 200 valence electrons. The second-order valence-corrected chi connectivity index (χ2v) is 10.3. The lowest BCUT2D eigenvalue weighted by molar-refractivity contribution is -0.119. The Balaban J connectivity index is 1.12. The molecule has 0 spiro atoms. The zero-order valence-corrected chi connectivity index (χ0v) is 22.3. The van der Waals surface area contributed by atoms with E-state index in [4.69, 9.17) is 0 Å². The Morgan fingerprint density at radius 1 is 0.975 bits per heavy atom. The summed E-state index contributed by atoms with van der Waals surface area (Å²) in [7, 11) is 0. The summed E-state index contributed by atoms with van der Waals surface area (Å²) in [6, 6.07) is 22.4. The van der Waals surface area contributed by atoms with E-state index in [-0.39, 0.29) is 11.7 Å². The molecule has 6 nitrogen and oxygen atoms in total. The van der Waals surface area contributed by atoms with E-state index in [2.05, 4.69) is 58.5 Å². The molecule has 1 saturated carbocycles. The van der Waals surface area contributed by atoms with Crippen molar-refractivity contribution in [2.75, 3.05) is 10.6 Å². The monoisotopic (exact) mass is 531 g/mol. The molecule has 0 saturated heterocycles. The van der Waals surface area contributed by atoms with Gasteiger partial charge in [-0.25, -0.2) is 4.39 Å². The van der Waals surface area contributed by atoms with Crippen LogP contribution >= 0.6 is 0 Å². The first-order valence-electron chi connectivity index (χ1n) is 13.5. The fraction of sp³-hybridized carbons (Fsp3) is 0.182. The molecule has 1 aliphatic carbocycles. The molecule has 0 unspecified atom stereocenters. The van der Waals surface area contributed by atoms with Gasteiger partial charge in [-0.1, -0.05) is 30.8 Å². The van der Waals surface area contributed by atoms with Gasteiger partial charge in [0.2, 0.25) is 5.91 Å². The molecule has 5 aromatic rings. The molecular weight excluding hydrogens is 501 g/mol. The maximum Gasteiger partial charge on any atom is 0.236 e. The van der Waals surface area contributed by atoms with Crippen molar-refractivity contribution in [1.29, 1.82) is 0 Å².